The number of unbranched alkanes of at least 4 members (excludes halogenated alkanes) is 33. The van der Waals surface area contributed by atoms with E-state index in [1.54, 1.807) is 0 Å². The third-order valence-corrected chi connectivity index (χ3v) is 11.2. The van der Waals surface area contributed by atoms with E-state index >= 15 is 0 Å². The van der Waals surface area contributed by atoms with Gasteiger partial charge < -0.3 is 14.6 Å². The van der Waals surface area contributed by atoms with Gasteiger partial charge >= 0.3 is 5.97 Å². The standard InChI is InChI=1S/C52H98O4/c1-3-5-7-9-11-13-15-17-19-21-23-24-25-26-27-28-29-31-33-35-37-39-41-43-45-47-52(54)56-51(49-53)50-55-48-46-44-42-40-38-36-34-32-30-22-20-18-16-14-12-10-8-6-4-2/h14,16,20-23,51,53H,3-13,15,17-19,24-50H2,1-2H3/b16-14-,22-20-,23-21-. The van der Waals surface area contributed by atoms with Crippen LogP contribution in [0, 0.1) is 0 Å². The average molecular weight is 787 g/mol. The molecule has 0 saturated carbocycles. The van der Waals surface area contributed by atoms with Gasteiger partial charge in [0, 0.05) is 13.0 Å². The molecule has 4 heteroatoms. The zero-order valence-corrected chi connectivity index (χ0v) is 37.9. The van der Waals surface area contributed by atoms with Crippen molar-refractivity contribution in [3.63, 3.8) is 0 Å². The Morgan fingerprint density at radius 1 is 0.429 bits per heavy atom. The van der Waals surface area contributed by atoms with E-state index in [-0.39, 0.29) is 12.6 Å². The summed E-state index contributed by atoms with van der Waals surface area (Å²) in [6.45, 7) is 5.35. The van der Waals surface area contributed by atoms with E-state index in [0.717, 1.165) is 25.7 Å². The van der Waals surface area contributed by atoms with E-state index in [2.05, 4.69) is 50.3 Å². The molecule has 0 amide bonds. The maximum atomic E-state index is 12.3. The zero-order chi connectivity index (χ0) is 40.5. The van der Waals surface area contributed by atoms with Crippen molar-refractivity contribution in [1.29, 1.82) is 0 Å². The van der Waals surface area contributed by atoms with E-state index in [9.17, 15) is 9.90 Å². The number of hydrogen-bond acceptors (Lipinski definition) is 4. The summed E-state index contributed by atoms with van der Waals surface area (Å²) in [6.07, 6.45) is 63.7. The van der Waals surface area contributed by atoms with Gasteiger partial charge in [-0.2, -0.15) is 0 Å². The molecule has 0 radical (unpaired) electrons. The van der Waals surface area contributed by atoms with Gasteiger partial charge in [0.15, 0.2) is 0 Å². The highest BCUT2D eigenvalue weighted by molar-refractivity contribution is 5.69. The molecule has 1 N–H and O–H groups in total. The topological polar surface area (TPSA) is 55.8 Å². The monoisotopic (exact) mass is 787 g/mol. The Hall–Kier alpha value is -1.39. The van der Waals surface area contributed by atoms with Crippen LogP contribution in [-0.2, 0) is 14.3 Å². The highest BCUT2D eigenvalue weighted by atomic mass is 16.6. The summed E-state index contributed by atoms with van der Waals surface area (Å²) in [5.41, 5.74) is 0. The second-order valence-corrected chi connectivity index (χ2v) is 16.9. The van der Waals surface area contributed by atoms with Crippen LogP contribution in [0.3, 0.4) is 0 Å². The van der Waals surface area contributed by atoms with Crippen molar-refractivity contribution in [2.75, 3.05) is 19.8 Å². The first-order chi connectivity index (χ1) is 27.7. The normalized spacial score (nSPS) is 12.6. The molecule has 1 unspecified atom stereocenters. The van der Waals surface area contributed by atoms with Crippen molar-refractivity contribution in [3.05, 3.63) is 36.5 Å². The minimum absolute atomic E-state index is 0.172. The van der Waals surface area contributed by atoms with Gasteiger partial charge in [-0.15, -0.1) is 0 Å². The molecule has 0 aromatic carbocycles. The van der Waals surface area contributed by atoms with Gasteiger partial charge in [0.2, 0.25) is 0 Å². The van der Waals surface area contributed by atoms with Gasteiger partial charge in [0.05, 0.1) is 13.2 Å². The fraction of sp³-hybridized carbons (Fsp3) is 0.865. The summed E-state index contributed by atoms with van der Waals surface area (Å²) in [4.78, 5) is 12.3. The molecule has 0 aromatic rings. The molecular weight excluding hydrogens is 689 g/mol. The number of carbonyl (C=O) groups excluding carboxylic acids is 1. The highest BCUT2D eigenvalue weighted by Crippen LogP contribution is 2.15. The van der Waals surface area contributed by atoms with Crippen LogP contribution in [0.25, 0.3) is 0 Å². The fourth-order valence-electron chi connectivity index (χ4n) is 7.41. The van der Waals surface area contributed by atoms with Gasteiger partial charge in [-0.25, -0.2) is 0 Å². The predicted octanol–water partition coefficient (Wildman–Crippen LogP) is 16.8. The van der Waals surface area contributed by atoms with Crippen LogP contribution in [0.5, 0.6) is 0 Å². The molecule has 0 saturated heterocycles. The van der Waals surface area contributed by atoms with Crippen LogP contribution in [-0.4, -0.2) is 37.0 Å². The maximum absolute atomic E-state index is 12.3. The molecule has 0 aliphatic heterocycles. The van der Waals surface area contributed by atoms with Gasteiger partial charge in [-0.05, 0) is 70.6 Å². The summed E-state index contributed by atoms with van der Waals surface area (Å²) in [7, 11) is 0. The molecule has 1 atom stereocenters. The lowest BCUT2D eigenvalue weighted by molar-refractivity contribution is -0.154. The van der Waals surface area contributed by atoms with Gasteiger partial charge in [0.25, 0.3) is 0 Å². The van der Waals surface area contributed by atoms with Crippen LogP contribution in [0.1, 0.15) is 264 Å². The van der Waals surface area contributed by atoms with Crippen molar-refractivity contribution in [1.82, 2.24) is 0 Å². The van der Waals surface area contributed by atoms with Crippen molar-refractivity contribution in [2.45, 2.75) is 270 Å². The molecule has 0 aliphatic rings. The van der Waals surface area contributed by atoms with Gasteiger partial charge in [-0.3, -0.25) is 4.79 Å². The van der Waals surface area contributed by atoms with Crippen LogP contribution in [0.15, 0.2) is 36.5 Å². The third-order valence-electron chi connectivity index (χ3n) is 11.2. The van der Waals surface area contributed by atoms with Crippen molar-refractivity contribution >= 4 is 5.97 Å². The smallest absolute Gasteiger partial charge is 0.306 e. The molecule has 0 heterocycles. The van der Waals surface area contributed by atoms with Crippen LogP contribution >= 0.6 is 0 Å². The van der Waals surface area contributed by atoms with E-state index in [4.69, 9.17) is 9.47 Å². The number of ether oxygens (including phenoxy) is 2. The SMILES string of the molecule is CCCCCC/C=C\C/C=C\CCCCCCCCCCOCC(CO)OC(=O)CCCCCCCCCCCCCCC/C=C\CCCCCCCCCC. The molecule has 56 heavy (non-hydrogen) atoms. The predicted molar refractivity (Wildman–Crippen MR) is 247 cm³/mol. The first kappa shape index (κ1) is 54.6. The number of hydrogen-bond donors (Lipinski definition) is 1. The maximum Gasteiger partial charge on any atom is 0.306 e. The third kappa shape index (κ3) is 47.0. The Morgan fingerprint density at radius 2 is 0.750 bits per heavy atom. The second-order valence-electron chi connectivity index (χ2n) is 16.9. The number of aliphatic hydroxyl groups is 1. The van der Waals surface area contributed by atoms with E-state index in [0.29, 0.717) is 19.6 Å². The number of aliphatic hydroxyl groups excluding tert-OH is 1. The van der Waals surface area contributed by atoms with Crippen molar-refractivity contribution in [3.8, 4) is 0 Å². The first-order valence-corrected chi connectivity index (χ1v) is 25.1. The molecule has 0 bridgehead atoms. The Kier molecular flexibility index (Phi) is 48.5. The molecule has 330 valence electrons. The average Bonchev–Trinajstić information content (AvgIpc) is 3.20. The molecular formula is C52H98O4. The van der Waals surface area contributed by atoms with E-state index in [1.165, 1.54) is 218 Å². The lowest BCUT2D eigenvalue weighted by Gasteiger charge is -2.16. The molecule has 0 aromatic heterocycles. The summed E-state index contributed by atoms with van der Waals surface area (Å²) < 4.78 is 11.2. The summed E-state index contributed by atoms with van der Waals surface area (Å²) >= 11 is 0. The van der Waals surface area contributed by atoms with Gasteiger partial charge in [-0.1, -0.05) is 224 Å². The number of esters is 1. The first-order valence-electron chi connectivity index (χ1n) is 25.1. The summed E-state index contributed by atoms with van der Waals surface area (Å²) in [5, 5.41) is 9.64. The quantitative estimate of drug-likeness (QED) is 0.0379. The van der Waals surface area contributed by atoms with Crippen LogP contribution in [0.2, 0.25) is 0 Å². The number of allylic oxidation sites excluding steroid dienone is 6. The fourth-order valence-corrected chi connectivity index (χ4v) is 7.41. The molecule has 0 aliphatic carbocycles. The lowest BCUT2D eigenvalue weighted by atomic mass is 10.0. The number of carbonyl (C=O) groups is 1. The second kappa shape index (κ2) is 49.8. The highest BCUT2D eigenvalue weighted by Gasteiger charge is 2.13. The van der Waals surface area contributed by atoms with E-state index in [1.807, 2.05) is 0 Å². The van der Waals surface area contributed by atoms with E-state index < -0.39 is 6.10 Å². The Balaban J connectivity index is 3.39. The Bertz CT molecular complexity index is 833. The Labute approximate surface area is 350 Å². The zero-order valence-electron chi connectivity index (χ0n) is 37.9. The largest absolute Gasteiger partial charge is 0.457 e. The minimum atomic E-state index is -0.537. The van der Waals surface area contributed by atoms with Crippen LogP contribution in [0.4, 0.5) is 0 Å². The molecule has 0 rings (SSSR count). The lowest BCUT2D eigenvalue weighted by Crippen LogP contribution is -2.27. The van der Waals surface area contributed by atoms with Crippen molar-refractivity contribution in [2.24, 2.45) is 0 Å². The van der Waals surface area contributed by atoms with Gasteiger partial charge in [0.1, 0.15) is 6.10 Å². The molecule has 0 spiro atoms. The minimum Gasteiger partial charge on any atom is -0.457 e. The number of rotatable bonds is 47. The molecule has 0 fully saturated rings. The van der Waals surface area contributed by atoms with Crippen molar-refractivity contribution < 1.29 is 19.4 Å². The summed E-state index contributed by atoms with van der Waals surface area (Å²) in [5.74, 6) is -0.199. The summed E-state index contributed by atoms with van der Waals surface area (Å²) in [6, 6.07) is 0. The molecule has 4 nitrogen and oxygen atoms in total. The van der Waals surface area contributed by atoms with Crippen LogP contribution < -0.4 is 0 Å². The Morgan fingerprint density at radius 3 is 1.14 bits per heavy atom.